The van der Waals surface area contributed by atoms with E-state index in [1.807, 2.05) is 58.9 Å². The second kappa shape index (κ2) is 12.6. The topological polar surface area (TPSA) is 86.8 Å². The number of para-hydroxylation sites is 1. The van der Waals surface area contributed by atoms with Crippen LogP contribution in [0.15, 0.2) is 48.5 Å². The molecule has 0 radical (unpaired) electrons. The molecule has 2 rings (SSSR count). The monoisotopic (exact) mass is 535 g/mol. The average molecular weight is 536 g/mol. The highest BCUT2D eigenvalue weighted by Gasteiger charge is 2.30. The lowest BCUT2D eigenvalue weighted by molar-refractivity contribution is -0.142. The van der Waals surface area contributed by atoms with E-state index in [4.69, 9.17) is 11.6 Å². The molecule has 0 spiro atoms. The summed E-state index contributed by atoms with van der Waals surface area (Å²) in [5.74, 6) is -0.427. The molecular weight excluding hydrogens is 498 g/mol. The minimum atomic E-state index is -3.53. The van der Waals surface area contributed by atoms with Crippen LogP contribution in [-0.4, -0.2) is 49.5 Å². The van der Waals surface area contributed by atoms with E-state index >= 15 is 0 Å². The Morgan fingerprint density at radius 3 is 2.19 bits per heavy atom. The van der Waals surface area contributed by atoms with Gasteiger partial charge in [-0.05, 0) is 69.9 Å². The summed E-state index contributed by atoms with van der Waals surface area (Å²) in [6, 6.07) is 13.8. The maximum absolute atomic E-state index is 13.5. The van der Waals surface area contributed by atoms with E-state index in [-0.39, 0.29) is 31.3 Å². The zero-order valence-electron chi connectivity index (χ0n) is 22.0. The van der Waals surface area contributed by atoms with Gasteiger partial charge in [-0.25, -0.2) is 8.42 Å². The smallest absolute Gasteiger partial charge is 0.243 e. The molecule has 9 heteroatoms. The number of nitrogens with zero attached hydrogens (tertiary/aromatic N) is 2. The second-order valence-corrected chi connectivity index (χ2v) is 12.4. The van der Waals surface area contributed by atoms with Crippen molar-refractivity contribution in [1.29, 1.82) is 0 Å². The third-order valence-corrected chi connectivity index (χ3v) is 7.12. The van der Waals surface area contributed by atoms with Gasteiger partial charge in [0.05, 0.1) is 11.9 Å². The molecule has 0 bridgehead atoms. The summed E-state index contributed by atoms with van der Waals surface area (Å²) in [7, 11) is -3.53. The maximum atomic E-state index is 13.5. The van der Waals surface area contributed by atoms with E-state index in [1.165, 1.54) is 4.31 Å². The molecule has 0 aliphatic rings. The molecule has 198 valence electrons. The van der Waals surface area contributed by atoms with Gasteiger partial charge >= 0.3 is 0 Å². The molecule has 2 aromatic carbocycles. The summed E-state index contributed by atoms with van der Waals surface area (Å²) in [5, 5.41) is 3.57. The lowest BCUT2D eigenvalue weighted by Gasteiger charge is -2.33. The van der Waals surface area contributed by atoms with Gasteiger partial charge in [0.15, 0.2) is 0 Å². The lowest BCUT2D eigenvalue weighted by Crippen LogP contribution is -2.53. The number of nitrogens with one attached hydrogen (secondary N) is 1. The molecule has 0 heterocycles. The van der Waals surface area contributed by atoms with E-state index < -0.39 is 21.6 Å². The molecule has 2 aromatic rings. The summed E-state index contributed by atoms with van der Waals surface area (Å²) < 4.78 is 26.3. The molecule has 0 fully saturated rings. The zero-order valence-corrected chi connectivity index (χ0v) is 23.6. The van der Waals surface area contributed by atoms with Gasteiger partial charge in [-0.2, -0.15) is 0 Å². The predicted octanol–water partition coefficient (Wildman–Crippen LogP) is 4.92. The molecule has 0 saturated carbocycles. The van der Waals surface area contributed by atoms with Gasteiger partial charge in [0.25, 0.3) is 0 Å². The van der Waals surface area contributed by atoms with E-state index in [9.17, 15) is 18.0 Å². The van der Waals surface area contributed by atoms with Crippen LogP contribution in [0.1, 0.15) is 58.1 Å². The van der Waals surface area contributed by atoms with Gasteiger partial charge in [-0.3, -0.25) is 13.9 Å². The fraction of sp³-hybridized carbons (Fsp3) is 0.481. The van der Waals surface area contributed by atoms with E-state index in [2.05, 4.69) is 5.32 Å². The minimum absolute atomic E-state index is 0.102. The highest BCUT2D eigenvalue weighted by molar-refractivity contribution is 7.92. The first kappa shape index (κ1) is 29.6. The Labute approximate surface area is 220 Å². The van der Waals surface area contributed by atoms with Gasteiger partial charge in [-0.15, -0.1) is 0 Å². The van der Waals surface area contributed by atoms with Crippen molar-refractivity contribution >= 4 is 39.1 Å². The van der Waals surface area contributed by atoms with Crippen molar-refractivity contribution in [3.05, 3.63) is 64.7 Å². The number of aryl methyl sites for hydroxylation is 1. The summed E-state index contributed by atoms with van der Waals surface area (Å²) in [4.78, 5) is 28.2. The van der Waals surface area contributed by atoms with Crippen molar-refractivity contribution in [2.24, 2.45) is 0 Å². The van der Waals surface area contributed by atoms with Crippen molar-refractivity contribution < 1.29 is 18.0 Å². The predicted molar refractivity (Wildman–Crippen MR) is 147 cm³/mol. The molecule has 1 atom stereocenters. The number of benzene rings is 2. The average Bonchev–Trinajstić information content (AvgIpc) is 2.76. The van der Waals surface area contributed by atoms with Crippen molar-refractivity contribution in [2.45, 2.75) is 72.0 Å². The Bertz CT molecular complexity index is 1140. The zero-order chi connectivity index (χ0) is 27.1. The number of hydrogen-bond acceptors (Lipinski definition) is 4. The van der Waals surface area contributed by atoms with Crippen molar-refractivity contribution in [1.82, 2.24) is 10.2 Å². The van der Waals surface area contributed by atoms with Crippen LogP contribution >= 0.6 is 11.6 Å². The van der Waals surface area contributed by atoms with Crippen LogP contribution in [0, 0.1) is 6.92 Å². The van der Waals surface area contributed by atoms with Crippen LogP contribution in [0.25, 0.3) is 0 Å². The van der Waals surface area contributed by atoms with Gasteiger partial charge in [0, 0.05) is 30.1 Å². The Morgan fingerprint density at radius 2 is 1.67 bits per heavy atom. The molecule has 0 aromatic heterocycles. The number of halogens is 1. The highest BCUT2D eigenvalue weighted by Crippen LogP contribution is 2.23. The van der Waals surface area contributed by atoms with Crippen molar-refractivity contribution in [3.63, 3.8) is 0 Å². The van der Waals surface area contributed by atoms with Gasteiger partial charge < -0.3 is 10.2 Å². The Hall–Kier alpha value is -2.58. The SMILES string of the molecule is CC[C@H](C(=O)NC(C)(C)C)N(Cc1ccc(Cl)cc1)C(=O)CCCN(c1ccccc1C)S(C)(=O)=O. The Morgan fingerprint density at radius 1 is 1.06 bits per heavy atom. The summed E-state index contributed by atoms with van der Waals surface area (Å²) >= 11 is 6.02. The maximum Gasteiger partial charge on any atom is 0.243 e. The van der Waals surface area contributed by atoms with Crippen LogP contribution in [0.4, 0.5) is 5.69 Å². The van der Waals surface area contributed by atoms with Gasteiger partial charge in [0.1, 0.15) is 6.04 Å². The standard InChI is InChI=1S/C27H38ClN3O4S/c1-7-23(26(33)29-27(3,4)5)30(19-21-14-16-22(28)17-15-21)25(32)13-10-18-31(36(6,34)35)24-12-9-8-11-20(24)2/h8-9,11-12,14-17,23H,7,10,13,18-19H2,1-6H3,(H,29,33)/t23-/m1/s1. The number of amides is 2. The molecular formula is C27H38ClN3O4S. The van der Waals surface area contributed by atoms with E-state index in [0.717, 1.165) is 17.4 Å². The number of carbonyl (C=O) groups excluding carboxylic acids is 2. The fourth-order valence-electron chi connectivity index (χ4n) is 3.98. The lowest BCUT2D eigenvalue weighted by atomic mass is 10.0. The normalized spacial score (nSPS) is 12.6. The first-order valence-electron chi connectivity index (χ1n) is 12.1. The van der Waals surface area contributed by atoms with Crippen molar-refractivity contribution in [3.8, 4) is 0 Å². The number of carbonyl (C=O) groups is 2. The first-order chi connectivity index (χ1) is 16.7. The molecule has 0 unspecified atom stereocenters. The molecule has 36 heavy (non-hydrogen) atoms. The molecule has 7 nitrogen and oxygen atoms in total. The second-order valence-electron chi connectivity index (χ2n) is 10.0. The molecule has 0 aliphatic carbocycles. The Balaban J connectivity index is 2.24. The Kier molecular flexibility index (Phi) is 10.4. The van der Waals surface area contributed by atoms with Gasteiger partial charge in [-0.1, -0.05) is 48.9 Å². The number of anilines is 1. The fourth-order valence-corrected chi connectivity index (χ4v) is 5.13. The number of hydrogen-bond donors (Lipinski definition) is 1. The largest absolute Gasteiger partial charge is 0.350 e. The summed E-state index contributed by atoms with van der Waals surface area (Å²) in [6.45, 7) is 9.83. The summed E-state index contributed by atoms with van der Waals surface area (Å²) in [5.41, 5.74) is 1.85. The summed E-state index contributed by atoms with van der Waals surface area (Å²) in [6.07, 6.45) is 2.03. The number of sulfonamides is 1. The first-order valence-corrected chi connectivity index (χ1v) is 14.3. The van der Waals surface area contributed by atoms with Crippen LogP contribution < -0.4 is 9.62 Å². The van der Waals surface area contributed by atoms with Crippen LogP contribution in [0.2, 0.25) is 5.02 Å². The molecule has 0 aliphatic heterocycles. The molecule has 1 N–H and O–H groups in total. The van der Waals surface area contributed by atoms with E-state index in [0.29, 0.717) is 23.6 Å². The van der Waals surface area contributed by atoms with Crippen LogP contribution in [0.5, 0.6) is 0 Å². The third kappa shape index (κ3) is 8.82. The quantitative estimate of drug-likeness (QED) is 0.442. The third-order valence-electron chi connectivity index (χ3n) is 5.69. The molecule has 0 saturated heterocycles. The van der Waals surface area contributed by atoms with Gasteiger partial charge in [0.2, 0.25) is 21.8 Å². The van der Waals surface area contributed by atoms with Crippen LogP contribution in [-0.2, 0) is 26.2 Å². The van der Waals surface area contributed by atoms with E-state index in [1.54, 1.807) is 29.2 Å². The highest BCUT2D eigenvalue weighted by atomic mass is 35.5. The number of rotatable bonds is 11. The minimum Gasteiger partial charge on any atom is -0.350 e. The molecule has 2 amide bonds. The van der Waals surface area contributed by atoms with Crippen molar-refractivity contribution in [2.75, 3.05) is 17.1 Å². The van der Waals surface area contributed by atoms with Crippen LogP contribution in [0.3, 0.4) is 0 Å².